The fourth-order valence-electron chi connectivity index (χ4n) is 0.503. The van der Waals surface area contributed by atoms with Crippen LogP contribution in [0.15, 0.2) is 4.34 Å². The van der Waals surface area contributed by atoms with Gasteiger partial charge in [-0.2, -0.15) is 0 Å². The molecule has 0 aliphatic heterocycles. The van der Waals surface area contributed by atoms with E-state index in [-0.39, 0.29) is 0 Å². The van der Waals surface area contributed by atoms with Crippen LogP contribution in [-0.2, 0) is 4.79 Å². The first-order valence-electron chi connectivity index (χ1n) is 3.10. The largest absolute Gasteiger partial charge is 0.298 e. The van der Waals surface area contributed by atoms with Gasteiger partial charge in [0.2, 0.25) is 5.13 Å². The van der Waals surface area contributed by atoms with Crippen LogP contribution in [0.1, 0.15) is 0 Å². The highest BCUT2D eigenvalue weighted by Gasteiger charge is 2.13. The summed E-state index contributed by atoms with van der Waals surface area (Å²) in [4.78, 5) is 9.89. The first-order chi connectivity index (χ1) is 6.13. The molecule has 8 heteroatoms. The van der Waals surface area contributed by atoms with Gasteiger partial charge in [0.05, 0.1) is 0 Å². The molecule has 0 saturated carbocycles. The summed E-state index contributed by atoms with van der Waals surface area (Å²) < 4.78 is 0.774. The number of thioether (sulfide) groups is 1. The van der Waals surface area contributed by atoms with Gasteiger partial charge in [-0.25, -0.2) is 0 Å². The fourth-order valence-corrected chi connectivity index (χ4v) is 1.78. The monoisotopic (exact) mass is 257 g/mol. The molecule has 0 fully saturated rings. The Morgan fingerprint density at radius 2 is 2.31 bits per heavy atom. The maximum atomic E-state index is 11.0. The molecule has 1 aromatic rings. The van der Waals surface area contributed by atoms with Gasteiger partial charge in [0.1, 0.15) is 0 Å². The van der Waals surface area contributed by atoms with E-state index in [2.05, 4.69) is 15.5 Å². The quantitative estimate of drug-likeness (QED) is 0.512. The van der Waals surface area contributed by atoms with Crippen LogP contribution in [0.5, 0.6) is 0 Å². The van der Waals surface area contributed by atoms with Crippen LogP contribution in [-0.4, -0.2) is 27.2 Å². The van der Waals surface area contributed by atoms with Gasteiger partial charge in [0, 0.05) is 0 Å². The van der Waals surface area contributed by atoms with Crippen LogP contribution >= 0.6 is 46.3 Å². The van der Waals surface area contributed by atoms with E-state index in [4.69, 9.17) is 23.2 Å². The van der Waals surface area contributed by atoms with Gasteiger partial charge in [0.15, 0.2) is 9.18 Å². The Balaban J connectivity index is 2.59. The zero-order chi connectivity index (χ0) is 9.84. The topological polar surface area (TPSA) is 54.9 Å². The van der Waals surface area contributed by atoms with Gasteiger partial charge >= 0.3 is 0 Å². The molecule has 0 spiro atoms. The van der Waals surface area contributed by atoms with Crippen molar-refractivity contribution in [3.8, 4) is 0 Å². The van der Waals surface area contributed by atoms with E-state index < -0.39 is 10.7 Å². The molecule has 0 aromatic carbocycles. The molecule has 4 nitrogen and oxygen atoms in total. The number of anilines is 1. The Kier molecular flexibility index (Phi) is 4.24. The summed E-state index contributed by atoms with van der Waals surface area (Å²) in [5.74, 6) is -0.493. The lowest BCUT2D eigenvalue weighted by Gasteiger charge is -1.98. The van der Waals surface area contributed by atoms with Crippen molar-refractivity contribution in [2.75, 3.05) is 11.6 Å². The lowest BCUT2D eigenvalue weighted by Crippen LogP contribution is -2.18. The molecule has 1 N–H and O–H groups in total. The molecule has 1 aromatic heterocycles. The van der Waals surface area contributed by atoms with E-state index in [9.17, 15) is 4.79 Å². The third kappa shape index (κ3) is 3.30. The predicted octanol–water partition coefficient (Wildman–Crippen LogP) is 2.00. The van der Waals surface area contributed by atoms with Crippen LogP contribution in [0.4, 0.5) is 5.13 Å². The van der Waals surface area contributed by atoms with Crippen molar-refractivity contribution < 1.29 is 4.79 Å². The predicted molar refractivity (Wildman–Crippen MR) is 55.8 cm³/mol. The Hall–Kier alpha value is -0.0400. The molecule has 0 radical (unpaired) electrons. The Morgan fingerprint density at radius 3 is 2.77 bits per heavy atom. The van der Waals surface area contributed by atoms with Crippen LogP contribution < -0.4 is 5.32 Å². The first-order valence-corrected chi connectivity index (χ1v) is 6.01. The highest BCUT2D eigenvalue weighted by Crippen LogP contribution is 2.23. The maximum Gasteiger partial charge on any atom is 0.259 e. The molecule has 0 bridgehead atoms. The molecule has 72 valence electrons. The smallest absolute Gasteiger partial charge is 0.259 e. The summed E-state index contributed by atoms with van der Waals surface area (Å²) >= 11 is 13.4. The second-order valence-corrected chi connectivity index (χ2v) is 4.99. The zero-order valence-corrected chi connectivity index (χ0v) is 9.60. The molecule has 1 rings (SSSR count). The zero-order valence-electron chi connectivity index (χ0n) is 6.45. The average molecular weight is 258 g/mol. The normalized spacial score (nSPS) is 10.5. The van der Waals surface area contributed by atoms with Gasteiger partial charge in [-0.15, -0.1) is 10.2 Å². The van der Waals surface area contributed by atoms with Crippen molar-refractivity contribution in [1.29, 1.82) is 0 Å². The summed E-state index contributed by atoms with van der Waals surface area (Å²) in [6.07, 6.45) is 1.87. The van der Waals surface area contributed by atoms with Gasteiger partial charge in [-0.3, -0.25) is 10.1 Å². The van der Waals surface area contributed by atoms with E-state index in [0.29, 0.717) is 5.13 Å². The number of carbonyl (C=O) groups is 1. The summed E-state index contributed by atoms with van der Waals surface area (Å²) in [5.41, 5.74) is 0. The first kappa shape index (κ1) is 11.0. The number of nitrogens with one attached hydrogen (secondary N) is 1. The van der Waals surface area contributed by atoms with Crippen molar-refractivity contribution in [3.05, 3.63) is 0 Å². The van der Waals surface area contributed by atoms with Gasteiger partial charge in [-0.05, 0) is 6.26 Å². The number of rotatable bonds is 3. The summed E-state index contributed by atoms with van der Waals surface area (Å²) in [7, 11) is 0. The Bertz CT molecular complexity index is 304. The van der Waals surface area contributed by atoms with Gasteiger partial charge < -0.3 is 0 Å². The molecule has 0 saturated heterocycles. The number of halogens is 2. The van der Waals surface area contributed by atoms with E-state index in [1.165, 1.54) is 23.1 Å². The third-order valence-electron chi connectivity index (χ3n) is 1.01. The van der Waals surface area contributed by atoms with Crippen LogP contribution in [0.25, 0.3) is 0 Å². The lowest BCUT2D eigenvalue weighted by molar-refractivity contribution is -0.114. The molecule has 0 aliphatic carbocycles. The van der Waals surface area contributed by atoms with Crippen molar-refractivity contribution in [2.24, 2.45) is 0 Å². The van der Waals surface area contributed by atoms with Crippen molar-refractivity contribution >= 4 is 57.3 Å². The standard InChI is InChI=1S/C5H5Cl2N3OS2/c1-12-5-10-9-4(13-5)8-3(11)2(6)7/h2H,1H3,(H,8,9,11). The molecule has 0 atom stereocenters. The number of hydrogen-bond donors (Lipinski definition) is 1. The molecule has 1 amide bonds. The second kappa shape index (κ2) is 4.99. The SMILES string of the molecule is CSc1nnc(NC(=O)C(Cl)Cl)s1. The van der Waals surface area contributed by atoms with Crippen molar-refractivity contribution in [3.63, 3.8) is 0 Å². The van der Waals surface area contributed by atoms with Crippen LogP contribution in [0.2, 0.25) is 0 Å². The summed E-state index contributed by atoms with van der Waals surface area (Å²) in [6.45, 7) is 0. The number of nitrogens with zero attached hydrogens (tertiary/aromatic N) is 2. The number of carbonyl (C=O) groups excluding carboxylic acids is 1. The van der Waals surface area contributed by atoms with Gasteiger partial charge in [-0.1, -0.05) is 46.3 Å². The minimum absolute atomic E-state index is 0.403. The van der Waals surface area contributed by atoms with Crippen LogP contribution in [0.3, 0.4) is 0 Å². The average Bonchev–Trinajstić information content (AvgIpc) is 2.52. The molecule has 0 aliphatic rings. The number of alkyl halides is 2. The lowest BCUT2D eigenvalue weighted by atomic mass is 10.7. The molecular formula is C5H5Cl2N3OS2. The van der Waals surface area contributed by atoms with Crippen LogP contribution in [0, 0.1) is 0 Å². The Labute approximate surface area is 93.0 Å². The van der Waals surface area contributed by atoms with Crippen molar-refractivity contribution in [2.45, 2.75) is 9.18 Å². The second-order valence-electron chi connectivity index (χ2n) is 1.87. The maximum absolute atomic E-state index is 11.0. The number of aromatic nitrogens is 2. The van der Waals surface area contributed by atoms with Gasteiger partial charge in [0.25, 0.3) is 5.91 Å². The highest BCUT2D eigenvalue weighted by molar-refractivity contribution is 8.00. The van der Waals surface area contributed by atoms with Crippen molar-refractivity contribution in [1.82, 2.24) is 10.2 Å². The van der Waals surface area contributed by atoms with E-state index in [0.717, 1.165) is 4.34 Å². The fraction of sp³-hybridized carbons (Fsp3) is 0.400. The molecule has 1 heterocycles. The minimum Gasteiger partial charge on any atom is -0.298 e. The van der Waals surface area contributed by atoms with E-state index >= 15 is 0 Å². The van der Waals surface area contributed by atoms with E-state index in [1.807, 2.05) is 6.26 Å². The molecule has 13 heavy (non-hydrogen) atoms. The summed E-state index contributed by atoms with van der Waals surface area (Å²) in [6, 6.07) is 0. The Morgan fingerprint density at radius 1 is 1.62 bits per heavy atom. The minimum atomic E-state index is -1.08. The third-order valence-corrected chi connectivity index (χ3v) is 3.22. The highest BCUT2D eigenvalue weighted by atomic mass is 35.5. The molecular weight excluding hydrogens is 253 g/mol. The number of hydrogen-bond acceptors (Lipinski definition) is 5. The molecule has 0 unspecified atom stereocenters. The summed E-state index contributed by atoms with van der Waals surface area (Å²) in [5, 5.41) is 10.3. The van der Waals surface area contributed by atoms with E-state index in [1.54, 1.807) is 0 Å². The number of amides is 1.